The molecule has 18 heavy (non-hydrogen) atoms. The third-order valence-corrected chi connectivity index (χ3v) is 2.08. The Hall–Kier alpha value is -1.79. The fourth-order valence-electron chi connectivity index (χ4n) is 1.20. The number of rotatable bonds is 4. The van der Waals surface area contributed by atoms with Gasteiger partial charge in [-0.05, 0) is 31.2 Å². The van der Waals surface area contributed by atoms with E-state index in [0.29, 0.717) is 5.69 Å². The third-order valence-electron chi connectivity index (χ3n) is 2.08. The Labute approximate surface area is 101 Å². The highest BCUT2D eigenvalue weighted by molar-refractivity contribution is 5.84. The van der Waals surface area contributed by atoms with Crippen molar-refractivity contribution in [3.63, 3.8) is 0 Å². The second kappa shape index (κ2) is 5.70. The molecule has 0 saturated heterocycles. The largest absolute Gasteiger partial charge is 0.405 e. The van der Waals surface area contributed by atoms with Gasteiger partial charge in [0, 0.05) is 5.69 Å². The van der Waals surface area contributed by atoms with Gasteiger partial charge in [0.1, 0.15) is 18.4 Å². The second-order valence-corrected chi connectivity index (χ2v) is 3.71. The number of benzene rings is 1. The van der Waals surface area contributed by atoms with Crippen LogP contribution in [0.5, 0.6) is 0 Å². The highest BCUT2D eigenvalue weighted by Crippen LogP contribution is 2.13. The molecule has 0 heterocycles. The van der Waals surface area contributed by atoms with Crippen LogP contribution in [0.25, 0.3) is 0 Å². The van der Waals surface area contributed by atoms with Crippen molar-refractivity contribution in [3.05, 3.63) is 30.1 Å². The van der Waals surface area contributed by atoms with E-state index in [9.17, 15) is 22.4 Å². The Morgan fingerprint density at radius 2 is 1.83 bits per heavy atom. The maximum Gasteiger partial charge on any atom is 0.405 e. The standard InChI is InChI=1S/C11H12F4N2O/c1-7(10(18)16-6-11(13,14)15)17-9-4-2-8(12)3-5-9/h2-5,7,17H,6H2,1H3,(H,16,18). The number of nitrogens with one attached hydrogen (secondary N) is 2. The minimum Gasteiger partial charge on any atom is -0.374 e. The lowest BCUT2D eigenvalue weighted by atomic mass is 10.2. The van der Waals surface area contributed by atoms with Crippen LogP contribution in [0.2, 0.25) is 0 Å². The average molecular weight is 264 g/mol. The Kier molecular flexibility index (Phi) is 4.52. The van der Waals surface area contributed by atoms with Crippen molar-refractivity contribution < 1.29 is 22.4 Å². The third kappa shape index (κ3) is 5.03. The molecule has 0 aliphatic heterocycles. The van der Waals surface area contributed by atoms with Crippen LogP contribution in [-0.4, -0.2) is 24.7 Å². The first kappa shape index (κ1) is 14.3. The molecule has 0 fully saturated rings. The highest BCUT2D eigenvalue weighted by atomic mass is 19.4. The Balaban J connectivity index is 2.47. The van der Waals surface area contributed by atoms with Crippen LogP contribution >= 0.6 is 0 Å². The first-order valence-corrected chi connectivity index (χ1v) is 5.14. The van der Waals surface area contributed by atoms with Gasteiger partial charge in [0.2, 0.25) is 5.91 Å². The smallest absolute Gasteiger partial charge is 0.374 e. The molecule has 2 N–H and O–H groups in total. The second-order valence-electron chi connectivity index (χ2n) is 3.71. The lowest BCUT2D eigenvalue weighted by Crippen LogP contribution is -2.42. The number of alkyl halides is 3. The van der Waals surface area contributed by atoms with E-state index in [2.05, 4.69) is 5.32 Å². The number of halogens is 4. The molecule has 1 amide bonds. The fraction of sp³-hybridized carbons (Fsp3) is 0.364. The molecule has 1 atom stereocenters. The number of amides is 1. The van der Waals surface area contributed by atoms with Crippen molar-refractivity contribution in [2.45, 2.75) is 19.1 Å². The van der Waals surface area contributed by atoms with Crippen LogP contribution in [0, 0.1) is 5.82 Å². The molecular formula is C11H12F4N2O. The average Bonchev–Trinajstić information content (AvgIpc) is 2.28. The maximum atomic E-state index is 12.6. The Bertz CT molecular complexity index is 402. The summed E-state index contributed by atoms with van der Waals surface area (Å²) >= 11 is 0. The molecule has 1 aromatic carbocycles. The predicted octanol–water partition coefficient (Wildman–Crippen LogP) is 2.30. The SMILES string of the molecule is CC(Nc1ccc(F)cc1)C(=O)NCC(F)(F)F. The van der Waals surface area contributed by atoms with Crippen LogP contribution in [0.1, 0.15) is 6.92 Å². The fourth-order valence-corrected chi connectivity index (χ4v) is 1.20. The van der Waals surface area contributed by atoms with Gasteiger partial charge in [0.15, 0.2) is 0 Å². The van der Waals surface area contributed by atoms with E-state index in [1.54, 1.807) is 5.32 Å². The van der Waals surface area contributed by atoms with Crippen molar-refractivity contribution in [1.82, 2.24) is 5.32 Å². The molecular weight excluding hydrogens is 252 g/mol. The minimum atomic E-state index is -4.44. The highest BCUT2D eigenvalue weighted by Gasteiger charge is 2.28. The van der Waals surface area contributed by atoms with Crippen molar-refractivity contribution in [2.24, 2.45) is 0 Å². The van der Waals surface area contributed by atoms with E-state index in [1.165, 1.54) is 31.2 Å². The predicted molar refractivity (Wildman–Crippen MR) is 58.5 cm³/mol. The van der Waals surface area contributed by atoms with Gasteiger partial charge in [-0.15, -0.1) is 0 Å². The van der Waals surface area contributed by atoms with Crippen molar-refractivity contribution >= 4 is 11.6 Å². The van der Waals surface area contributed by atoms with Gasteiger partial charge in [-0.25, -0.2) is 4.39 Å². The Morgan fingerprint density at radius 1 is 1.28 bits per heavy atom. The molecule has 0 aliphatic carbocycles. The van der Waals surface area contributed by atoms with Crippen molar-refractivity contribution in [1.29, 1.82) is 0 Å². The van der Waals surface area contributed by atoms with Crippen LogP contribution < -0.4 is 10.6 Å². The summed E-state index contributed by atoms with van der Waals surface area (Å²) in [6, 6.07) is 4.30. The zero-order chi connectivity index (χ0) is 13.8. The van der Waals surface area contributed by atoms with E-state index in [1.807, 2.05) is 0 Å². The molecule has 0 aromatic heterocycles. The van der Waals surface area contributed by atoms with Crippen LogP contribution in [0.4, 0.5) is 23.2 Å². The molecule has 3 nitrogen and oxygen atoms in total. The summed E-state index contributed by atoms with van der Waals surface area (Å²) in [5.74, 6) is -1.22. The monoisotopic (exact) mass is 264 g/mol. The number of hydrogen-bond donors (Lipinski definition) is 2. The molecule has 0 aliphatic rings. The first-order valence-electron chi connectivity index (χ1n) is 5.14. The molecule has 1 aromatic rings. The molecule has 1 unspecified atom stereocenters. The van der Waals surface area contributed by atoms with E-state index in [-0.39, 0.29) is 0 Å². The molecule has 0 spiro atoms. The summed E-state index contributed by atoms with van der Waals surface area (Å²) in [7, 11) is 0. The lowest BCUT2D eigenvalue weighted by molar-refractivity contribution is -0.138. The van der Waals surface area contributed by atoms with E-state index in [0.717, 1.165) is 0 Å². The van der Waals surface area contributed by atoms with E-state index in [4.69, 9.17) is 0 Å². The summed E-state index contributed by atoms with van der Waals surface area (Å²) < 4.78 is 48.2. The van der Waals surface area contributed by atoms with Gasteiger partial charge >= 0.3 is 6.18 Å². The van der Waals surface area contributed by atoms with Crippen LogP contribution in [0.15, 0.2) is 24.3 Å². The number of anilines is 1. The summed E-state index contributed by atoms with van der Waals surface area (Å²) in [6.45, 7) is 0.0380. The number of carbonyl (C=O) groups excluding carboxylic acids is 1. The summed E-state index contributed by atoms with van der Waals surface area (Å²) in [4.78, 5) is 11.3. The normalized spacial score (nSPS) is 12.9. The molecule has 0 radical (unpaired) electrons. The van der Waals surface area contributed by atoms with Crippen molar-refractivity contribution in [3.8, 4) is 0 Å². The summed E-state index contributed by atoms with van der Waals surface area (Å²) in [5, 5.41) is 4.41. The first-order chi connectivity index (χ1) is 8.28. The maximum absolute atomic E-state index is 12.6. The Morgan fingerprint density at radius 3 is 2.33 bits per heavy atom. The van der Waals surface area contributed by atoms with Gasteiger partial charge in [-0.2, -0.15) is 13.2 Å². The van der Waals surface area contributed by atoms with Gasteiger partial charge in [0.25, 0.3) is 0 Å². The quantitative estimate of drug-likeness (QED) is 0.819. The molecule has 1 rings (SSSR count). The topological polar surface area (TPSA) is 41.1 Å². The van der Waals surface area contributed by atoms with E-state index < -0.39 is 30.5 Å². The van der Waals surface area contributed by atoms with E-state index >= 15 is 0 Å². The summed E-state index contributed by atoms with van der Waals surface area (Å²) in [5.41, 5.74) is 0.450. The van der Waals surface area contributed by atoms with Gasteiger partial charge in [-0.1, -0.05) is 0 Å². The zero-order valence-corrected chi connectivity index (χ0v) is 9.51. The molecule has 0 bridgehead atoms. The number of carbonyl (C=O) groups is 1. The van der Waals surface area contributed by atoms with Crippen LogP contribution in [0.3, 0.4) is 0 Å². The summed E-state index contributed by atoms with van der Waals surface area (Å²) in [6.07, 6.45) is -4.44. The minimum absolute atomic E-state index is 0.435. The molecule has 0 saturated carbocycles. The van der Waals surface area contributed by atoms with Crippen molar-refractivity contribution in [2.75, 3.05) is 11.9 Å². The number of hydrogen-bond acceptors (Lipinski definition) is 2. The van der Waals surface area contributed by atoms with Crippen LogP contribution in [-0.2, 0) is 4.79 Å². The van der Waals surface area contributed by atoms with Gasteiger partial charge in [0.05, 0.1) is 0 Å². The van der Waals surface area contributed by atoms with Gasteiger partial charge < -0.3 is 10.6 Å². The molecule has 7 heteroatoms. The molecule has 100 valence electrons. The lowest BCUT2D eigenvalue weighted by Gasteiger charge is -2.16. The van der Waals surface area contributed by atoms with Gasteiger partial charge in [-0.3, -0.25) is 4.79 Å². The zero-order valence-electron chi connectivity index (χ0n) is 9.51.